The second-order valence-corrected chi connectivity index (χ2v) is 5.86. The van der Waals surface area contributed by atoms with Gasteiger partial charge in [-0.15, -0.1) is 0 Å². The van der Waals surface area contributed by atoms with Gasteiger partial charge in [0.15, 0.2) is 0 Å². The van der Waals surface area contributed by atoms with Crippen LogP contribution < -0.4 is 10.9 Å². The van der Waals surface area contributed by atoms with E-state index in [1.807, 2.05) is 41.5 Å². The summed E-state index contributed by atoms with van der Waals surface area (Å²) in [5, 5.41) is 5.71. The number of nitrogens with one attached hydrogen (secondary N) is 2. The minimum Gasteiger partial charge on any atom is -0.289 e. The fraction of sp³-hybridized carbons (Fsp3) is 0.769. The summed E-state index contributed by atoms with van der Waals surface area (Å²) in [6, 6.07) is 0. The average Bonchev–Trinajstić information content (AvgIpc) is 2.60. The van der Waals surface area contributed by atoms with Crippen molar-refractivity contribution in [2.75, 3.05) is 0 Å². The Kier molecular flexibility index (Phi) is 4.68. The summed E-state index contributed by atoms with van der Waals surface area (Å²) in [7, 11) is 0. The van der Waals surface area contributed by atoms with E-state index in [-0.39, 0.29) is 23.7 Å². The molecule has 0 bridgehead atoms. The number of carbonyl (C=O) groups excluding carboxylic acids is 2. The van der Waals surface area contributed by atoms with Crippen molar-refractivity contribution in [3.8, 4) is 0 Å². The Morgan fingerprint density at radius 2 is 1.84 bits per heavy atom. The van der Waals surface area contributed by atoms with Crippen LogP contribution in [0.1, 0.15) is 48.0 Å². The Hall–Kier alpha value is -1.43. The Bertz CT molecular complexity index is 403. The van der Waals surface area contributed by atoms with Crippen LogP contribution in [0.4, 0.5) is 0 Å². The Balaban J connectivity index is 2.79. The highest BCUT2D eigenvalue weighted by molar-refractivity contribution is 5.89. The lowest BCUT2D eigenvalue weighted by molar-refractivity contribution is -0.142. The minimum atomic E-state index is -0.698. The predicted octanol–water partition coefficient (Wildman–Crippen LogP) is 1.24. The molecule has 0 saturated heterocycles. The fourth-order valence-electron chi connectivity index (χ4n) is 1.86. The molecule has 1 aliphatic heterocycles. The van der Waals surface area contributed by atoms with Gasteiger partial charge < -0.3 is 0 Å². The summed E-state index contributed by atoms with van der Waals surface area (Å²) in [5.41, 5.74) is 5.76. The Labute approximate surface area is 114 Å². The highest BCUT2D eigenvalue weighted by atomic mass is 16.2. The molecule has 6 heteroatoms. The van der Waals surface area contributed by atoms with E-state index in [0.717, 1.165) is 5.71 Å². The molecule has 0 fully saturated rings. The van der Waals surface area contributed by atoms with Crippen molar-refractivity contribution in [3.63, 3.8) is 0 Å². The van der Waals surface area contributed by atoms with E-state index in [9.17, 15) is 9.59 Å². The first kappa shape index (κ1) is 15.6. The molecule has 1 atom stereocenters. The molecule has 0 aliphatic carbocycles. The van der Waals surface area contributed by atoms with Gasteiger partial charge in [-0.05, 0) is 13.8 Å². The number of hydrogen-bond donors (Lipinski definition) is 2. The summed E-state index contributed by atoms with van der Waals surface area (Å²) in [6.07, 6.45) is 0.587. The first-order chi connectivity index (χ1) is 8.67. The van der Waals surface area contributed by atoms with E-state index in [0.29, 0.717) is 6.42 Å². The molecule has 0 saturated carbocycles. The van der Waals surface area contributed by atoms with Crippen LogP contribution in [-0.2, 0) is 9.59 Å². The largest absolute Gasteiger partial charge is 0.289 e. The van der Waals surface area contributed by atoms with Crippen LogP contribution in [-0.4, -0.2) is 28.2 Å². The van der Waals surface area contributed by atoms with Gasteiger partial charge in [0.1, 0.15) is 5.66 Å². The molecular formula is C13H24N4O2. The van der Waals surface area contributed by atoms with Crippen molar-refractivity contribution in [1.82, 2.24) is 15.9 Å². The first-order valence-corrected chi connectivity index (χ1v) is 6.62. The Morgan fingerprint density at radius 1 is 1.26 bits per heavy atom. The molecule has 6 nitrogen and oxygen atoms in total. The monoisotopic (exact) mass is 268 g/mol. The SMILES string of the molecule is CC1=NN(C(=O)C(C)C)[C@@](C)(NNC(=O)C(C)C)C1. The fourth-order valence-corrected chi connectivity index (χ4v) is 1.86. The van der Waals surface area contributed by atoms with E-state index < -0.39 is 5.66 Å². The van der Waals surface area contributed by atoms with Gasteiger partial charge >= 0.3 is 0 Å². The lowest BCUT2D eigenvalue weighted by Crippen LogP contribution is -2.61. The van der Waals surface area contributed by atoms with E-state index >= 15 is 0 Å². The van der Waals surface area contributed by atoms with Crippen LogP contribution in [0.3, 0.4) is 0 Å². The molecule has 0 radical (unpaired) electrons. The van der Waals surface area contributed by atoms with Crippen LogP contribution in [0.15, 0.2) is 5.10 Å². The standard InChI is InChI=1S/C13H24N4O2/c1-8(2)11(18)14-16-13(6)7-10(5)15-17(13)12(19)9(3)4/h8-9,16H,7H2,1-6H3,(H,14,18)/t13-/m1/s1. The molecule has 0 unspecified atom stereocenters. The van der Waals surface area contributed by atoms with Gasteiger partial charge in [-0.2, -0.15) is 5.10 Å². The zero-order chi connectivity index (χ0) is 14.8. The molecule has 2 N–H and O–H groups in total. The molecule has 108 valence electrons. The molecule has 0 aromatic carbocycles. The van der Waals surface area contributed by atoms with Crippen LogP contribution in [0.2, 0.25) is 0 Å². The second kappa shape index (κ2) is 5.69. The number of amides is 2. The maximum Gasteiger partial charge on any atom is 0.247 e. The lowest BCUT2D eigenvalue weighted by atomic mass is 10.1. The molecule has 2 amide bonds. The zero-order valence-electron chi connectivity index (χ0n) is 12.6. The molecular weight excluding hydrogens is 244 g/mol. The van der Waals surface area contributed by atoms with Gasteiger partial charge in [-0.25, -0.2) is 10.4 Å². The summed E-state index contributed by atoms with van der Waals surface area (Å²) in [5.74, 6) is -0.432. The normalized spacial score (nSPS) is 22.9. The van der Waals surface area contributed by atoms with Gasteiger partial charge in [0.05, 0.1) is 0 Å². The van der Waals surface area contributed by atoms with Gasteiger partial charge in [-0.3, -0.25) is 15.0 Å². The molecule has 0 aromatic rings. The molecule has 1 aliphatic rings. The van der Waals surface area contributed by atoms with Gasteiger partial charge in [0.2, 0.25) is 11.8 Å². The maximum absolute atomic E-state index is 12.2. The van der Waals surface area contributed by atoms with Crippen molar-refractivity contribution < 1.29 is 9.59 Å². The molecule has 0 spiro atoms. The zero-order valence-corrected chi connectivity index (χ0v) is 12.6. The smallest absolute Gasteiger partial charge is 0.247 e. The van der Waals surface area contributed by atoms with Crippen LogP contribution in [0.25, 0.3) is 0 Å². The maximum atomic E-state index is 12.2. The highest BCUT2D eigenvalue weighted by Crippen LogP contribution is 2.26. The number of hydrazone groups is 1. The van der Waals surface area contributed by atoms with Gasteiger partial charge in [0, 0.05) is 24.0 Å². The van der Waals surface area contributed by atoms with Crippen molar-refractivity contribution in [2.24, 2.45) is 16.9 Å². The van der Waals surface area contributed by atoms with E-state index in [1.165, 1.54) is 5.01 Å². The van der Waals surface area contributed by atoms with Crippen LogP contribution in [0, 0.1) is 11.8 Å². The van der Waals surface area contributed by atoms with Crippen LogP contribution >= 0.6 is 0 Å². The second-order valence-electron chi connectivity index (χ2n) is 5.86. The highest BCUT2D eigenvalue weighted by Gasteiger charge is 2.41. The van der Waals surface area contributed by atoms with Crippen molar-refractivity contribution in [2.45, 2.75) is 53.6 Å². The lowest BCUT2D eigenvalue weighted by Gasteiger charge is -2.34. The third kappa shape index (κ3) is 3.53. The molecule has 19 heavy (non-hydrogen) atoms. The van der Waals surface area contributed by atoms with E-state index in [4.69, 9.17) is 0 Å². The van der Waals surface area contributed by atoms with Crippen molar-refractivity contribution in [1.29, 1.82) is 0 Å². The molecule has 1 heterocycles. The number of carbonyl (C=O) groups is 2. The van der Waals surface area contributed by atoms with Crippen molar-refractivity contribution in [3.05, 3.63) is 0 Å². The average molecular weight is 268 g/mol. The molecule has 0 aromatic heterocycles. The predicted molar refractivity (Wildman–Crippen MR) is 73.9 cm³/mol. The summed E-state index contributed by atoms with van der Waals surface area (Å²) >= 11 is 0. The number of nitrogens with zero attached hydrogens (tertiary/aromatic N) is 2. The number of hydrogen-bond acceptors (Lipinski definition) is 4. The van der Waals surface area contributed by atoms with Gasteiger partial charge in [-0.1, -0.05) is 27.7 Å². The quantitative estimate of drug-likeness (QED) is 0.753. The summed E-state index contributed by atoms with van der Waals surface area (Å²) in [6.45, 7) is 11.0. The summed E-state index contributed by atoms with van der Waals surface area (Å²) in [4.78, 5) is 23.8. The number of rotatable bonds is 4. The third-order valence-electron chi connectivity index (χ3n) is 3.02. The molecule has 1 rings (SSSR count). The van der Waals surface area contributed by atoms with E-state index in [2.05, 4.69) is 16.0 Å². The van der Waals surface area contributed by atoms with E-state index in [1.54, 1.807) is 0 Å². The number of hydrazine groups is 1. The van der Waals surface area contributed by atoms with Crippen molar-refractivity contribution >= 4 is 17.5 Å². The topological polar surface area (TPSA) is 73.8 Å². The van der Waals surface area contributed by atoms with Gasteiger partial charge in [0.25, 0.3) is 0 Å². The first-order valence-electron chi connectivity index (χ1n) is 6.62. The minimum absolute atomic E-state index is 0.0642. The Morgan fingerprint density at radius 3 is 2.32 bits per heavy atom. The van der Waals surface area contributed by atoms with Crippen LogP contribution in [0.5, 0.6) is 0 Å². The summed E-state index contributed by atoms with van der Waals surface area (Å²) < 4.78 is 0. The third-order valence-corrected chi connectivity index (χ3v) is 3.02.